The van der Waals surface area contributed by atoms with E-state index < -0.39 is 6.10 Å². The first-order valence-electron chi connectivity index (χ1n) is 7.79. The van der Waals surface area contributed by atoms with E-state index >= 15 is 0 Å². The predicted octanol–water partition coefficient (Wildman–Crippen LogP) is 2.43. The van der Waals surface area contributed by atoms with Gasteiger partial charge in [0.2, 0.25) is 0 Å². The quantitative estimate of drug-likeness (QED) is 0.846. The van der Waals surface area contributed by atoms with Crippen molar-refractivity contribution in [2.75, 3.05) is 13.2 Å². The van der Waals surface area contributed by atoms with Crippen LogP contribution in [0.1, 0.15) is 37.7 Å². The molecule has 1 amide bonds. The van der Waals surface area contributed by atoms with E-state index in [1.165, 1.54) is 19.3 Å². The maximum absolute atomic E-state index is 11.7. The molecule has 1 aromatic rings. The topological polar surface area (TPSA) is 58.6 Å². The number of aryl methyl sites for hydroxylation is 1. The molecule has 0 spiro atoms. The molecule has 1 atom stereocenters. The summed E-state index contributed by atoms with van der Waals surface area (Å²) < 4.78 is 5.43. The zero-order valence-electron chi connectivity index (χ0n) is 12.7. The third kappa shape index (κ3) is 5.38. The summed E-state index contributed by atoms with van der Waals surface area (Å²) in [6.45, 7) is 2.29. The minimum absolute atomic E-state index is 0.0131. The Balaban J connectivity index is 1.67. The SMILES string of the molecule is Cc1cccc(OCC(=O)NCC(O)C2CCCCC2)c1. The van der Waals surface area contributed by atoms with Gasteiger partial charge in [0.1, 0.15) is 5.75 Å². The molecule has 0 radical (unpaired) electrons. The molecule has 1 fully saturated rings. The molecule has 21 heavy (non-hydrogen) atoms. The van der Waals surface area contributed by atoms with Crippen molar-refractivity contribution in [3.63, 3.8) is 0 Å². The van der Waals surface area contributed by atoms with Crippen LogP contribution in [0.4, 0.5) is 0 Å². The van der Waals surface area contributed by atoms with Gasteiger partial charge in [0.05, 0.1) is 6.10 Å². The minimum Gasteiger partial charge on any atom is -0.484 e. The van der Waals surface area contributed by atoms with Gasteiger partial charge in [-0.1, -0.05) is 31.4 Å². The fourth-order valence-electron chi connectivity index (χ4n) is 2.81. The van der Waals surface area contributed by atoms with Crippen molar-refractivity contribution in [3.8, 4) is 5.75 Å². The van der Waals surface area contributed by atoms with Gasteiger partial charge in [-0.2, -0.15) is 0 Å². The zero-order chi connectivity index (χ0) is 15.1. The summed E-state index contributed by atoms with van der Waals surface area (Å²) in [5.41, 5.74) is 1.10. The first-order chi connectivity index (χ1) is 10.1. The molecular formula is C17H25NO3. The number of aliphatic hydroxyl groups excluding tert-OH is 1. The Morgan fingerprint density at radius 1 is 1.38 bits per heavy atom. The Morgan fingerprint density at radius 3 is 2.86 bits per heavy atom. The molecule has 0 aliphatic heterocycles. The first-order valence-corrected chi connectivity index (χ1v) is 7.79. The maximum Gasteiger partial charge on any atom is 0.258 e. The van der Waals surface area contributed by atoms with E-state index in [-0.39, 0.29) is 12.5 Å². The lowest BCUT2D eigenvalue weighted by Gasteiger charge is -2.26. The van der Waals surface area contributed by atoms with Crippen LogP contribution in [0, 0.1) is 12.8 Å². The lowest BCUT2D eigenvalue weighted by molar-refractivity contribution is -0.123. The smallest absolute Gasteiger partial charge is 0.258 e. The van der Waals surface area contributed by atoms with Crippen LogP contribution in [-0.2, 0) is 4.79 Å². The molecule has 1 aromatic carbocycles. The third-order valence-electron chi connectivity index (χ3n) is 4.06. The van der Waals surface area contributed by atoms with E-state index in [4.69, 9.17) is 4.74 Å². The Bertz CT molecular complexity index is 455. The van der Waals surface area contributed by atoms with E-state index in [9.17, 15) is 9.90 Å². The molecule has 0 heterocycles. The molecule has 1 aliphatic rings. The number of benzene rings is 1. The van der Waals surface area contributed by atoms with Gasteiger partial charge in [-0.3, -0.25) is 4.79 Å². The van der Waals surface area contributed by atoms with Crippen molar-refractivity contribution in [2.45, 2.75) is 45.1 Å². The van der Waals surface area contributed by atoms with E-state index in [1.807, 2.05) is 31.2 Å². The summed E-state index contributed by atoms with van der Waals surface area (Å²) >= 11 is 0. The number of carbonyl (C=O) groups is 1. The molecule has 1 aliphatic carbocycles. The number of amides is 1. The number of nitrogens with one attached hydrogen (secondary N) is 1. The van der Waals surface area contributed by atoms with Crippen molar-refractivity contribution in [3.05, 3.63) is 29.8 Å². The van der Waals surface area contributed by atoms with Crippen molar-refractivity contribution >= 4 is 5.91 Å². The second-order valence-electron chi connectivity index (χ2n) is 5.87. The van der Waals surface area contributed by atoms with Crippen molar-refractivity contribution in [1.82, 2.24) is 5.32 Å². The van der Waals surface area contributed by atoms with E-state index in [1.54, 1.807) is 0 Å². The average Bonchev–Trinajstić information content (AvgIpc) is 2.51. The van der Waals surface area contributed by atoms with E-state index in [2.05, 4.69) is 5.32 Å². The van der Waals surface area contributed by atoms with E-state index in [0.717, 1.165) is 18.4 Å². The van der Waals surface area contributed by atoms with Gasteiger partial charge in [0, 0.05) is 6.54 Å². The summed E-state index contributed by atoms with van der Waals surface area (Å²) in [5, 5.41) is 12.8. The fraction of sp³-hybridized carbons (Fsp3) is 0.588. The van der Waals surface area contributed by atoms with Gasteiger partial charge in [0.15, 0.2) is 6.61 Å². The molecule has 2 rings (SSSR count). The molecular weight excluding hydrogens is 266 g/mol. The Hall–Kier alpha value is -1.55. The van der Waals surface area contributed by atoms with Crippen LogP contribution in [0.15, 0.2) is 24.3 Å². The monoisotopic (exact) mass is 291 g/mol. The van der Waals surface area contributed by atoms with E-state index in [0.29, 0.717) is 18.2 Å². The number of aliphatic hydroxyl groups is 1. The highest BCUT2D eigenvalue weighted by atomic mass is 16.5. The molecule has 0 bridgehead atoms. The highest BCUT2D eigenvalue weighted by molar-refractivity contribution is 5.77. The van der Waals surface area contributed by atoms with Gasteiger partial charge < -0.3 is 15.2 Å². The number of hydrogen-bond acceptors (Lipinski definition) is 3. The van der Waals surface area contributed by atoms with Gasteiger partial charge >= 0.3 is 0 Å². The molecule has 4 nitrogen and oxygen atoms in total. The number of ether oxygens (including phenoxy) is 1. The van der Waals surface area contributed by atoms with Crippen molar-refractivity contribution in [1.29, 1.82) is 0 Å². The van der Waals surface area contributed by atoms with Crippen LogP contribution in [0.2, 0.25) is 0 Å². The lowest BCUT2D eigenvalue weighted by Crippen LogP contribution is -2.39. The Kier molecular flexibility index (Phi) is 6.05. The number of rotatable bonds is 6. The highest BCUT2D eigenvalue weighted by Gasteiger charge is 2.21. The third-order valence-corrected chi connectivity index (χ3v) is 4.06. The van der Waals surface area contributed by atoms with Gasteiger partial charge in [0.25, 0.3) is 5.91 Å². The first kappa shape index (κ1) is 15.8. The fourth-order valence-corrected chi connectivity index (χ4v) is 2.81. The molecule has 1 saturated carbocycles. The normalized spacial score (nSPS) is 17.2. The number of carbonyl (C=O) groups excluding carboxylic acids is 1. The molecule has 0 aromatic heterocycles. The second-order valence-corrected chi connectivity index (χ2v) is 5.87. The largest absolute Gasteiger partial charge is 0.484 e. The predicted molar refractivity (Wildman–Crippen MR) is 82.3 cm³/mol. The van der Waals surface area contributed by atoms with Crippen LogP contribution in [-0.4, -0.2) is 30.3 Å². The standard InChI is InChI=1S/C17H25NO3/c1-13-6-5-9-15(10-13)21-12-17(20)18-11-16(19)14-7-3-2-4-8-14/h5-6,9-10,14,16,19H,2-4,7-8,11-12H2,1H3,(H,18,20). The van der Waals surface area contributed by atoms with Gasteiger partial charge in [-0.15, -0.1) is 0 Å². The molecule has 0 saturated heterocycles. The van der Waals surface area contributed by atoms with Crippen LogP contribution in [0.5, 0.6) is 5.75 Å². The summed E-state index contributed by atoms with van der Waals surface area (Å²) in [4.78, 5) is 11.7. The number of hydrogen-bond donors (Lipinski definition) is 2. The van der Waals surface area contributed by atoms with Crippen LogP contribution in [0.25, 0.3) is 0 Å². The Morgan fingerprint density at radius 2 is 2.14 bits per heavy atom. The van der Waals surface area contributed by atoms with Crippen LogP contribution >= 0.6 is 0 Å². The summed E-state index contributed by atoms with van der Waals surface area (Å²) in [7, 11) is 0. The molecule has 4 heteroatoms. The molecule has 2 N–H and O–H groups in total. The van der Waals surface area contributed by atoms with Crippen molar-refractivity contribution in [2.24, 2.45) is 5.92 Å². The molecule has 1 unspecified atom stereocenters. The second kappa shape index (κ2) is 8.03. The van der Waals surface area contributed by atoms with Crippen LogP contribution < -0.4 is 10.1 Å². The lowest BCUT2D eigenvalue weighted by atomic mass is 9.85. The highest BCUT2D eigenvalue weighted by Crippen LogP contribution is 2.26. The minimum atomic E-state index is -0.437. The van der Waals surface area contributed by atoms with Crippen LogP contribution in [0.3, 0.4) is 0 Å². The van der Waals surface area contributed by atoms with Gasteiger partial charge in [-0.25, -0.2) is 0 Å². The summed E-state index contributed by atoms with van der Waals surface area (Å²) in [6, 6.07) is 7.60. The van der Waals surface area contributed by atoms with Gasteiger partial charge in [-0.05, 0) is 43.4 Å². The Labute approximate surface area is 126 Å². The summed E-state index contributed by atoms with van der Waals surface area (Å²) in [5.74, 6) is 0.834. The maximum atomic E-state index is 11.7. The average molecular weight is 291 g/mol. The molecule has 116 valence electrons. The zero-order valence-corrected chi connectivity index (χ0v) is 12.7. The van der Waals surface area contributed by atoms with Crippen molar-refractivity contribution < 1.29 is 14.6 Å². The summed E-state index contributed by atoms with van der Waals surface area (Å²) in [6.07, 6.45) is 5.33.